The Bertz CT molecular complexity index is 634. The normalized spacial score (nSPS) is 15.7. The minimum atomic E-state index is -1.99. The predicted octanol–water partition coefficient (Wildman–Crippen LogP) is 3.06. The van der Waals surface area contributed by atoms with E-state index in [0.717, 1.165) is 18.2 Å². The first-order valence-electron chi connectivity index (χ1n) is 5.79. The van der Waals surface area contributed by atoms with Crippen LogP contribution in [0.3, 0.4) is 0 Å². The number of aromatic nitrogens is 1. The molecule has 0 aliphatic rings. The lowest BCUT2D eigenvalue weighted by Crippen LogP contribution is -2.31. The first kappa shape index (κ1) is 15.0. The summed E-state index contributed by atoms with van der Waals surface area (Å²) in [5, 5.41) is 20.6. The number of aliphatic hydroxyl groups excluding tert-OH is 1. The van der Waals surface area contributed by atoms with E-state index in [1.165, 1.54) is 19.3 Å². The average Bonchev–Trinajstić information content (AvgIpc) is 2.40. The smallest absolute Gasteiger partial charge is 0.129 e. The topological polar surface area (TPSA) is 53.4 Å². The molecule has 2 rings (SSSR count). The summed E-state index contributed by atoms with van der Waals surface area (Å²) in [5.74, 6) is -1.49. The van der Waals surface area contributed by atoms with E-state index in [9.17, 15) is 19.0 Å². The molecule has 0 unspecified atom stereocenters. The van der Waals surface area contributed by atoms with Crippen LogP contribution in [0.2, 0.25) is 0 Å². The van der Waals surface area contributed by atoms with E-state index >= 15 is 0 Å². The van der Waals surface area contributed by atoms with Gasteiger partial charge in [-0.15, -0.1) is 0 Å². The molecule has 3 nitrogen and oxygen atoms in total. The Morgan fingerprint density at radius 3 is 2.60 bits per heavy atom. The molecule has 2 N–H and O–H groups in total. The van der Waals surface area contributed by atoms with Crippen LogP contribution in [-0.2, 0) is 5.60 Å². The van der Waals surface area contributed by atoms with Crippen LogP contribution < -0.4 is 0 Å². The molecule has 0 spiro atoms. The van der Waals surface area contributed by atoms with Crippen molar-refractivity contribution in [2.24, 2.45) is 0 Å². The highest BCUT2D eigenvalue weighted by Gasteiger charge is 2.36. The monoisotopic (exact) mass is 343 g/mol. The predicted molar refractivity (Wildman–Crippen MR) is 72.8 cm³/mol. The van der Waals surface area contributed by atoms with Crippen LogP contribution in [0.5, 0.6) is 0 Å². The second-order valence-corrected chi connectivity index (χ2v) is 5.53. The molecular formula is C14H12BrF2NO2. The molecule has 1 heterocycles. The number of halogens is 3. The van der Waals surface area contributed by atoms with E-state index in [-0.39, 0.29) is 11.1 Å². The van der Waals surface area contributed by atoms with Gasteiger partial charge in [0.1, 0.15) is 23.3 Å². The van der Waals surface area contributed by atoms with E-state index in [1.807, 2.05) is 0 Å². The average molecular weight is 344 g/mol. The molecule has 0 radical (unpaired) electrons. The van der Waals surface area contributed by atoms with Crippen LogP contribution in [-0.4, -0.2) is 15.2 Å². The minimum Gasteiger partial charge on any atom is -0.385 e. The summed E-state index contributed by atoms with van der Waals surface area (Å²) in [6.45, 7) is 1.22. The maximum atomic E-state index is 13.8. The van der Waals surface area contributed by atoms with Crippen LogP contribution in [0.25, 0.3) is 0 Å². The molecule has 0 bridgehead atoms. The first-order valence-corrected chi connectivity index (χ1v) is 6.58. The minimum absolute atomic E-state index is 0.285. The molecule has 2 atom stereocenters. The zero-order valence-corrected chi connectivity index (χ0v) is 12.1. The molecule has 6 heteroatoms. The van der Waals surface area contributed by atoms with Gasteiger partial charge < -0.3 is 10.2 Å². The third-order valence-corrected chi connectivity index (χ3v) is 3.48. The summed E-state index contributed by atoms with van der Waals surface area (Å²) < 4.78 is 27.6. The van der Waals surface area contributed by atoms with Crippen molar-refractivity contribution in [2.75, 3.05) is 0 Å². The number of benzene rings is 1. The van der Waals surface area contributed by atoms with E-state index in [2.05, 4.69) is 20.9 Å². The quantitative estimate of drug-likeness (QED) is 0.900. The van der Waals surface area contributed by atoms with Crippen LogP contribution in [0.15, 0.2) is 41.1 Å². The number of hydrogen-bond acceptors (Lipinski definition) is 3. The van der Waals surface area contributed by atoms with Gasteiger partial charge in [-0.3, -0.25) is 4.98 Å². The molecule has 0 fully saturated rings. The van der Waals surface area contributed by atoms with E-state index in [4.69, 9.17) is 0 Å². The van der Waals surface area contributed by atoms with Crippen molar-refractivity contribution in [3.8, 4) is 0 Å². The van der Waals surface area contributed by atoms with Crippen molar-refractivity contribution in [3.63, 3.8) is 0 Å². The summed E-state index contributed by atoms with van der Waals surface area (Å²) in [6.07, 6.45) is 1.40. The number of rotatable bonds is 3. The zero-order chi connectivity index (χ0) is 14.9. The summed E-state index contributed by atoms with van der Waals surface area (Å²) >= 11 is 3.19. The van der Waals surface area contributed by atoms with Crippen LogP contribution >= 0.6 is 15.9 Å². The van der Waals surface area contributed by atoms with Gasteiger partial charge in [0.05, 0.1) is 0 Å². The van der Waals surface area contributed by atoms with Gasteiger partial charge in [-0.05, 0) is 47.1 Å². The van der Waals surface area contributed by atoms with Gasteiger partial charge in [-0.2, -0.15) is 0 Å². The van der Waals surface area contributed by atoms with E-state index in [0.29, 0.717) is 4.47 Å². The zero-order valence-electron chi connectivity index (χ0n) is 10.5. The third kappa shape index (κ3) is 2.87. The highest BCUT2D eigenvalue weighted by molar-refractivity contribution is 9.10. The molecule has 0 saturated carbocycles. The van der Waals surface area contributed by atoms with E-state index < -0.39 is 23.3 Å². The number of pyridine rings is 1. The Morgan fingerprint density at radius 2 is 1.95 bits per heavy atom. The molecule has 0 aliphatic carbocycles. The molecule has 0 amide bonds. The van der Waals surface area contributed by atoms with Gasteiger partial charge in [-0.1, -0.05) is 0 Å². The standard InChI is InChI=1S/C14H12BrF2NO2/c1-14(20,11-5-10(16)2-3-12(11)17)13(19)8-4-9(15)7-18-6-8/h2-7,13,19-20H,1H3/t13-,14+/m1/s1. The maximum Gasteiger partial charge on any atom is 0.129 e. The van der Waals surface area contributed by atoms with Gasteiger partial charge in [-0.25, -0.2) is 8.78 Å². The van der Waals surface area contributed by atoms with Crippen molar-refractivity contribution in [1.29, 1.82) is 0 Å². The molecule has 0 aliphatic heterocycles. The van der Waals surface area contributed by atoms with Crippen molar-refractivity contribution < 1.29 is 19.0 Å². The van der Waals surface area contributed by atoms with Crippen LogP contribution in [0, 0.1) is 11.6 Å². The van der Waals surface area contributed by atoms with Crippen molar-refractivity contribution >= 4 is 15.9 Å². The van der Waals surface area contributed by atoms with Gasteiger partial charge in [0, 0.05) is 28.0 Å². The van der Waals surface area contributed by atoms with Gasteiger partial charge in [0.15, 0.2) is 0 Å². The fourth-order valence-electron chi connectivity index (χ4n) is 1.94. The van der Waals surface area contributed by atoms with Gasteiger partial charge >= 0.3 is 0 Å². The number of aliphatic hydroxyl groups is 2. The van der Waals surface area contributed by atoms with Crippen molar-refractivity contribution in [2.45, 2.75) is 18.6 Å². The highest BCUT2D eigenvalue weighted by Crippen LogP contribution is 2.36. The summed E-state index contributed by atoms with van der Waals surface area (Å²) in [7, 11) is 0. The Hall–Kier alpha value is -1.37. The fraction of sp³-hybridized carbons (Fsp3) is 0.214. The largest absolute Gasteiger partial charge is 0.385 e. The Kier molecular flexibility index (Phi) is 4.17. The number of nitrogens with zero attached hydrogens (tertiary/aromatic N) is 1. The molecule has 20 heavy (non-hydrogen) atoms. The van der Waals surface area contributed by atoms with E-state index in [1.54, 1.807) is 6.07 Å². The second-order valence-electron chi connectivity index (χ2n) is 4.61. The van der Waals surface area contributed by atoms with Crippen molar-refractivity contribution in [1.82, 2.24) is 4.98 Å². The molecular weight excluding hydrogens is 332 g/mol. The molecule has 1 aromatic heterocycles. The van der Waals surface area contributed by atoms with Crippen molar-refractivity contribution in [3.05, 3.63) is 63.9 Å². The lowest BCUT2D eigenvalue weighted by Gasteiger charge is -2.30. The first-order chi connectivity index (χ1) is 9.32. The molecule has 2 aromatic rings. The third-order valence-electron chi connectivity index (χ3n) is 3.05. The summed E-state index contributed by atoms with van der Waals surface area (Å²) in [5.41, 5.74) is -2.02. The summed E-state index contributed by atoms with van der Waals surface area (Å²) in [4.78, 5) is 3.87. The van der Waals surface area contributed by atoms with Gasteiger partial charge in [0.2, 0.25) is 0 Å². The Labute approximate surface area is 123 Å². The fourth-order valence-corrected chi connectivity index (χ4v) is 2.32. The number of hydrogen-bond donors (Lipinski definition) is 2. The lowest BCUT2D eigenvalue weighted by molar-refractivity contribution is -0.0715. The molecule has 0 saturated heterocycles. The SMILES string of the molecule is C[C@](O)(c1cc(F)ccc1F)[C@H](O)c1cncc(Br)c1. The maximum absolute atomic E-state index is 13.8. The van der Waals surface area contributed by atoms with Crippen LogP contribution in [0.1, 0.15) is 24.2 Å². The Balaban J connectivity index is 2.46. The molecule has 106 valence electrons. The van der Waals surface area contributed by atoms with Crippen LogP contribution in [0.4, 0.5) is 8.78 Å². The van der Waals surface area contributed by atoms with Gasteiger partial charge in [0.25, 0.3) is 0 Å². The second kappa shape index (κ2) is 5.55. The Morgan fingerprint density at radius 1 is 1.25 bits per heavy atom. The molecule has 1 aromatic carbocycles. The highest BCUT2D eigenvalue weighted by atomic mass is 79.9. The summed E-state index contributed by atoms with van der Waals surface area (Å²) in [6, 6.07) is 4.26. The lowest BCUT2D eigenvalue weighted by atomic mass is 9.86.